The molecule has 0 aliphatic carbocycles. The molecule has 1 unspecified atom stereocenters. The van der Waals surface area contributed by atoms with Crippen molar-refractivity contribution in [2.75, 3.05) is 23.0 Å². The van der Waals surface area contributed by atoms with Gasteiger partial charge in [-0.25, -0.2) is 0 Å². The molecule has 2 aromatic rings. The molecule has 0 aliphatic heterocycles. The van der Waals surface area contributed by atoms with Crippen LogP contribution in [0.4, 0.5) is 0 Å². The molecule has 0 amide bonds. The van der Waals surface area contributed by atoms with Crippen molar-refractivity contribution < 1.29 is 44.0 Å². The van der Waals surface area contributed by atoms with Crippen LogP contribution in [0.15, 0.2) is 48.8 Å². The summed E-state index contributed by atoms with van der Waals surface area (Å²) in [5.41, 5.74) is 2.02. The molecule has 0 fully saturated rings. The Bertz CT molecular complexity index is 725. The van der Waals surface area contributed by atoms with Crippen molar-refractivity contribution in [3.63, 3.8) is 0 Å². The van der Waals surface area contributed by atoms with E-state index in [-0.39, 0.29) is 42.0 Å². The maximum absolute atomic E-state index is 11.2. The maximum Gasteiger partial charge on any atom is 1.00 e. The van der Waals surface area contributed by atoms with Gasteiger partial charge in [-0.2, -0.15) is 31.9 Å². The molecule has 0 bridgehead atoms. The van der Waals surface area contributed by atoms with E-state index in [1.807, 2.05) is 36.4 Å². The smallest absolute Gasteiger partial charge is 1.00 e. The molecule has 0 aromatic carbocycles. The summed E-state index contributed by atoms with van der Waals surface area (Å²) in [4.78, 5) is 8.54. The Balaban J connectivity index is 0.00000338. The molecule has 0 aliphatic rings. The van der Waals surface area contributed by atoms with Crippen LogP contribution in [-0.4, -0.2) is 51.2 Å². The number of nitrogens with zero attached hydrogens (tertiary/aromatic N) is 2. The zero-order valence-corrected chi connectivity index (χ0v) is 19.3. The summed E-state index contributed by atoms with van der Waals surface area (Å²) in [6, 6.07) is 11.6. The van der Waals surface area contributed by atoms with Gasteiger partial charge < -0.3 is 1.43 Å². The van der Waals surface area contributed by atoms with Gasteiger partial charge in [-0.1, -0.05) is 12.1 Å². The fraction of sp³-hybridized carbons (Fsp3) is 0.412. The van der Waals surface area contributed by atoms with Gasteiger partial charge in [0.25, 0.3) is 10.1 Å². The van der Waals surface area contributed by atoms with E-state index in [1.165, 1.54) is 0 Å². The van der Waals surface area contributed by atoms with E-state index in [4.69, 9.17) is 4.55 Å². The fourth-order valence-electron chi connectivity index (χ4n) is 2.19. The third-order valence-electron chi connectivity index (χ3n) is 3.37. The van der Waals surface area contributed by atoms with E-state index in [1.54, 1.807) is 35.9 Å². The largest absolute Gasteiger partial charge is 1.00 e. The molecule has 0 radical (unpaired) electrons. The van der Waals surface area contributed by atoms with Crippen LogP contribution < -0.4 is 29.6 Å². The summed E-state index contributed by atoms with van der Waals surface area (Å²) in [7, 11) is -3.97. The van der Waals surface area contributed by atoms with Crippen molar-refractivity contribution in [2.24, 2.45) is 0 Å². The predicted octanol–water partition coefficient (Wildman–Crippen LogP) is 0.101. The van der Waals surface area contributed by atoms with Crippen LogP contribution >= 0.6 is 23.5 Å². The van der Waals surface area contributed by atoms with Gasteiger partial charge in [0.2, 0.25) is 0 Å². The van der Waals surface area contributed by atoms with Crippen molar-refractivity contribution in [2.45, 2.75) is 18.1 Å². The summed E-state index contributed by atoms with van der Waals surface area (Å²) < 4.78 is 31.6. The van der Waals surface area contributed by atoms with E-state index < -0.39 is 10.1 Å². The molecule has 0 saturated heterocycles. The molecule has 1 N–H and O–H groups in total. The molecule has 9 heteroatoms. The number of thioether (sulfide) groups is 2. The van der Waals surface area contributed by atoms with Gasteiger partial charge in [0.05, 0.1) is 5.75 Å². The molecular formula is C17H23N2NaO3S3. The summed E-state index contributed by atoms with van der Waals surface area (Å²) in [6.45, 7) is 0. The van der Waals surface area contributed by atoms with Gasteiger partial charge in [0, 0.05) is 34.8 Å². The monoisotopic (exact) mass is 422 g/mol. The Morgan fingerprint density at radius 3 is 2.08 bits per heavy atom. The minimum atomic E-state index is -3.97. The molecule has 0 saturated carbocycles. The summed E-state index contributed by atoms with van der Waals surface area (Å²) in [5, 5.41) is -0.132. The van der Waals surface area contributed by atoms with Gasteiger partial charge in [-0.15, -0.1) is 0 Å². The minimum absolute atomic E-state index is 0. The van der Waals surface area contributed by atoms with Crippen molar-refractivity contribution in [1.82, 2.24) is 9.97 Å². The van der Waals surface area contributed by atoms with Crippen LogP contribution in [0.25, 0.3) is 0 Å². The topological polar surface area (TPSA) is 80.2 Å². The Morgan fingerprint density at radius 1 is 1.00 bits per heavy atom. The van der Waals surface area contributed by atoms with Gasteiger partial charge in [-0.05, 0) is 48.6 Å². The Kier molecular flexibility index (Phi) is 12.1. The predicted molar refractivity (Wildman–Crippen MR) is 107 cm³/mol. The SMILES string of the molecule is O=S(=O)(O)CC(CSCCc1ccccn1)SCCc1ccccn1.[H-].[Na+]. The molecule has 0 spiro atoms. The van der Waals surface area contributed by atoms with Crippen molar-refractivity contribution in [3.05, 3.63) is 60.2 Å². The normalized spacial score (nSPS) is 12.3. The van der Waals surface area contributed by atoms with E-state index >= 15 is 0 Å². The first-order valence-electron chi connectivity index (χ1n) is 7.97. The van der Waals surface area contributed by atoms with Gasteiger partial charge >= 0.3 is 29.6 Å². The Hall–Kier alpha value is -0.0900. The van der Waals surface area contributed by atoms with Gasteiger partial charge in [-0.3, -0.25) is 14.5 Å². The minimum Gasteiger partial charge on any atom is -1.00 e. The van der Waals surface area contributed by atoms with Gasteiger partial charge in [0.1, 0.15) is 0 Å². The van der Waals surface area contributed by atoms with E-state index in [0.29, 0.717) is 5.75 Å². The van der Waals surface area contributed by atoms with Crippen LogP contribution in [0.2, 0.25) is 0 Å². The number of hydrogen-bond acceptors (Lipinski definition) is 6. The van der Waals surface area contributed by atoms with E-state index in [2.05, 4.69) is 9.97 Å². The van der Waals surface area contributed by atoms with E-state index in [0.717, 1.165) is 35.7 Å². The summed E-state index contributed by atoms with van der Waals surface area (Å²) >= 11 is 3.26. The first-order valence-corrected chi connectivity index (χ1v) is 11.8. The molecular weight excluding hydrogens is 399 g/mol. The van der Waals surface area contributed by atoms with Crippen molar-refractivity contribution in [3.8, 4) is 0 Å². The second-order valence-electron chi connectivity index (χ2n) is 5.46. The molecule has 1 atom stereocenters. The number of hydrogen-bond donors (Lipinski definition) is 1. The quantitative estimate of drug-likeness (QED) is 0.313. The third kappa shape index (κ3) is 10.9. The molecule has 2 aromatic heterocycles. The maximum atomic E-state index is 11.2. The van der Waals surface area contributed by atoms with E-state index in [9.17, 15) is 8.42 Å². The molecule has 138 valence electrons. The number of rotatable bonds is 11. The number of pyridine rings is 2. The molecule has 2 heterocycles. The first-order chi connectivity index (χ1) is 12.0. The van der Waals surface area contributed by atoms with Gasteiger partial charge in [0.15, 0.2) is 0 Å². The third-order valence-corrected chi connectivity index (χ3v) is 6.99. The molecule has 2 rings (SSSR count). The second-order valence-corrected chi connectivity index (χ2v) is 9.51. The summed E-state index contributed by atoms with van der Waals surface area (Å²) in [6.07, 6.45) is 5.16. The number of aromatic nitrogens is 2. The van der Waals surface area contributed by atoms with Crippen molar-refractivity contribution >= 4 is 33.6 Å². The average Bonchev–Trinajstić information content (AvgIpc) is 2.59. The van der Waals surface area contributed by atoms with Crippen LogP contribution in [0.1, 0.15) is 12.8 Å². The standard InChI is InChI=1S/C17H22N2O3S3.Na.H/c20-25(21,22)14-17(24-12-8-16-6-2-4-10-19-16)13-23-11-7-15-5-1-3-9-18-15;;/h1-6,9-10,17H,7-8,11-14H2,(H,20,21,22);;/q;+1;-1. The number of aryl methyl sites for hydroxylation is 2. The van der Waals surface area contributed by atoms with Crippen LogP contribution in [0, 0.1) is 0 Å². The molecule has 5 nitrogen and oxygen atoms in total. The fourth-order valence-corrected chi connectivity index (χ4v) is 6.07. The van der Waals surface area contributed by atoms with Crippen LogP contribution in [-0.2, 0) is 23.0 Å². The molecule has 26 heavy (non-hydrogen) atoms. The zero-order valence-electron chi connectivity index (χ0n) is 15.8. The second kappa shape index (κ2) is 13.1. The zero-order chi connectivity index (χ0) is 18.0. The summed E-state index contributed by atoms with van der Waals surface area (Å²) in [5.74, 6) is 2.12. The Labute approximate surface area is 187 Å². The average molecular weight is 423 g/mol. The first kappa shape index (κ1) is 23.9. The Morgan fingerprint density at radius 2 is 1.58 bits per heavy atom. The van der Waals surface area contributed by atoms with Crippen molar-refractivity contribution in [1.29, 1.82) is 0 Å². The van der Waals surface area contributed by atoms with Crippen LogP contribution in [0.3, 0.4) is 0 Å². The van der Waals surface area contributed by atoms with Crippen LogP contribution in [0.5, 0.6) is 0 Å².